The van der Waals surface area contributed by atoms with Crippen LogP contribution in [-0.4, -0.2) is 21.7 Å². The van der Waals surface area contributed by atoms with E-state index < -0.39 is 0 Å². The fourth-order valence-corrected chi connectivity index (χ4v) is 2.06. The number of benzene rings is 1. The van der Waals surface area contributed by atoms with Crippen LogP contribution in [0, 0.1) is 6.92 Å². The molecule has 0 spiro atoms. The third-order valence-corrected chi connectivity index (χ3v) is 2.99. The van der Waals surface area contributed by atoms with Crippen molar-refractivity contribution < 1.29 is 4.52 Å². The molecule has 2 N–H and O–H groups in total. The number of aromatic nitrogens is 3. The molecular weight excluding hydrogens is 256 g/mol. The number of fused-ring (bicyclic) bond motifs is 1. The topological polar surface area (TPSA) is 83.8 Å². The molecule has 0 saturated heterocycles. The highest BCUT2D eigenvalue weighted by atomic mass is 16.5. The van der Waals surface area contributed by atoms with Gasteiger partial charge in [0.1, 0.15) is 5.82 Å². The molecule has 0 aliphatic rings. The van der Waals surface area contributed by atoms with Gasteiger partial charge in [-0.3, -0.25) is 4.79 Å². The summed E-state index contributed by atoms with van der Waals surface area (Å²) < 4.78 is 4.90. The zero-order chi connectivity index (χ0) is 13.9. The van der Waals surface area contributed by atoms with Gasteiger partial charge in [-0.2, -0.15) is 4.98 Å². The first-order valence-electron chi connectivity index (χ1n) is 6.37. The molecule has 0 unspecified atom stereocenters. The number of pyridine rings is 1. The second kappa shape index (κ2) is 5.16. The number of aryl methyl sites for hydroxylation is 1. The van der Waals surface area contributed by atoms with Gasteiger partial charge in [-0.1, -0.05) is 23.4 Å². The van der Waals surface area contributed by atoms with Crippen LogP contribution in [0.5, 0.6) is 0 Å². The molecule has 0 aliphatic heterocycles. The average molecular weight is 270 g/mol. The molecule has 0 bridgehead atoms. The number of nitrogens with zero attached hydrogens (tertiary/aromatic N) is 2. The second-order valence-corrected chi connectivity index (χ2v) is 4.51. The lowest BCUT2D eigenvalue weighted by molar-refractivity contribution is 0.387. The first kappa shape index (κ1) is 12.4. The Morgan fingerprint density at radius 2 is 2.20 bits per heavy atom. The first-order chi connectivity index (χ1) is 9.72. The molecule has 20 heavy (non-hydrogen) atoms. The van der Waals surface area contributed by atoms with Crippen LogP contribution in [0.25, 0.3) is 10.8 Å². The predicted molar refractivity (Wildman–Crippen MR) is 75.8 cm³/mol. The largest absolute Gasteiger partial charge is 0.371 e. The van der Waals surface area contributed by atoms with Crippen molar-refractivity contribution in [3.8, 4) is 0 Å². The van der Waals surface area contributed by atoms with E-state index in [9.17, 15) is 4.79 Å². The summed E-state index contributed by atoms with van der Waals surface area (Å²) in [5.74, 6) is 1.89. The third-order valence-electron chi connectivity index (χ3n) is 2.99. The maximum Gasteiger partial charge on any atom is 0.257 e. The Labute approximate surface area is 114 Å². The monoisotopic (exact) mass is 270 g/mol. The molecule has 0 radical (unpaired) electrons. The highest BCUT2D eigenvalue weighted by molar-refractivity contribution is 5.83. The number of aromatic amines is 1. The van der Waals surface area contributed by atoms with E-state index in [1.54, 1.807) is 13.0 Å². The van der Waals surface area contributed by atoms with Gasteiger partial charge in [0, 0.05) is 25.3 Å². The first-order valence-corrected chi connectivity index (χ1v) is 6.37. The lowest BCUT2D eigenvalue weighted by atomic mass is 10.2. The van der Waals surface area contributed by atoms with Crippen LogP contribution >= 0.6 is 0 Å². The van der Waals surface area contributed by atoms with Crippen LogP contribution < -0.4 is 10.9 Å². The smallest absolute Gasteiger partial charge is 0.257 e. The number of rotatable bonds is 4. The molecule has 0 atom stereocenters. The molecule has 3 aromatic rings. The van der Waals surface area contributed by atoms with Crippen LogP contribution in [0.15, 0.2) is 39.6 Å². The lowest BCUT2D eigenvalue weighted by Gasteiger charge is -2.05. The van der Waals surface area contributed by atoms with Crippen LogP contribution in [0.1, 0.15) is 11.7 Å². The molecule has 2 heterocycles. The Morgan fingerprint density at radius 3 is 3.00 bits per heavy atom. The Balaban J connectivity index is 1.73. The average Bonchev–Trinajstić information content (AvgIpc) is 2.85. The van der Waals surface area contributed by atoms with E-state index in [0.717, 1.165) is 5.39 Å². The number of hydrogen-bond donors (Lipinski definition) is 2. The molecule has 0 aliphatic carbocycles. The summed E-state index contributed by atoms with van der Waals surface area (Å²) >= 11 is 0. The van der Waals surface area contributed by atoms with Gasteiger partial charge in [0.2, 0.25) is 5.89 Å². The van der Waals surface area contributed by atoms with Crippen molar-refractivity contribution in [2.75, 3.05) is 11.9 Å². The minimum atomic E-state index is -0.0963. The molecule has 2 aromatic heterocycles. The molecular formula is C14H14N4O2. The highest BCUT2D eigenvalue weighted by Gasteiger charge is 2.03. The summed E-state index contributed by atoms with van der Waals surface area (Å²) in [4.78, 5) is 18.8. The van der Waals surface area contributed by atoms with Gasteiger partial charge in [0.15, 0.2) is 5.82 Å². The fraction of sp³-hybridized carbons (Fsp3) is 0.214. The van der Waals surface area contributed by atoms with Gasteiger partial charge in [-0.15, -0.1) is 0 Å². The van der Waals surface area contributed by atoms with Gasteiger partial charge in [0.05, 0.1) is 0 Å². The standard InChI is InChI=1S/C14H14N4O2/c1-9-16-12(18-20-9)6-7-15-13-8-10-4-2-3-5-11(10)14(19)17-13/h2-5,8H,6-7H2,1H3,(H2,15,17,19). The van der Waals surface area contributed by atoms with E-state index in [2.05, 4.69) is 20.4 Å². The van der Waals surface area contributed by atoms with E-state index in [4.69, 9.17) is 4.52 Å². The van der Waals surface area contributed by atoms with Gasteiger partial charge >= 0.3 is 0 Å². The van der Waals surface area contributed by atoms with Gasteiger partial charge < -0.3 is 14.8 Å². The Bertz CT molecular complexity index is 791. The summed E-state index contributed by atoms with van der Waals surface area (Å²) in [6, 6.07) is 9.40. The molecule has 6 heteroatoms. The molecule has 3 rings (SSSR count). The summed E-state index contributed by atoms with van der Waals surface area (Å²) in [6.45, 7) is 2.37. The van der Waals surface area contributed by atoms with Crippen LogP contribution in [0.3, 0.4) is 0 Å². The van der Waals surface area contributed by atoms with E-state index in [-0.39, 0.29) is 5.56 Å². The van der Waals surface area contributed by atoms with E-state index >= 15 is 0 Å². The molecule has 102 valence electrons. The van der Waals surface area contributed by atoms with E-state index in [0.29, 0.717) is 35.9 Å². The van der Waals surface area contributed by atoms with E-state index in [1.807, 2.05) is 24.3 Å². The Morgan fingerprint density at radius 1 is 1.35 bits per heavy atom. The van der Waals surface area contributed by atoms with Crippen LogP contribution in [-0.2, 0) is 6.42 Å². The zero-order valence-electron chi connectivity index (χ0n) is 11.0. The number of anilines is 1. The highest BCUT2D eigenvalue weighted by Crippen LogP contribution is 2.12. The van der Waals surface area contributed by atoms with Crippen molar-refractivity contribution in [3.63, 3.8) is 0 Å². The fourth-order valence-electron chi connectivity index (χ4n) is 2.06. The number of hydrogen-bond acceptors (Lipinski definition) is 5. The lowest BCUT2D eigenvalue weighted by Crippen LogP contribution is -2.13. The van der Waals surface area contributed by atoms with Crippen molar-refractivity contribution >= 4 is 16.6 Å². The normalized spacial score (nSPS) is 10.8. The SMILES string of the molecule is Cc1nc(CCNc2cc3ccccc3c(=O)[nH]2)no1. The second-order valence-electron chi connectivity index (χ2n) is 4.51. The Kier molecular flexibility index (Phi) is 3.20. The molecule has 0 saturated carbocycles. The number of H-pyrrole nitrogens is 1. The van der Waals surface area contributed by atoms with Crippen molar-refractivity contribution in [1.29, 1.82) is 0 Å². The van der Waals surface area contributed by atoms with Crippen LogP contribution in [0.2, 0.25) is 0 Å². The summed E-state index contributed by atoms with van der Waals surface area (Å²) in [5, 5.41) is 8.57. The molecule has 1 aromatic carbocycles. The third kappa shape index (κ3) is 2.54. The maximum absolute atomic E-state index is 11.9. The molecule has 6 nitrogen and oxygen atoms in total. The van der Waals surface area contributed by atoms with E-state index in [1.165, 1.54) is 0 Å². The van der Waals surface area contributed by atoms with Gasteiger partial charge in [0.25, 0.3) is 5.56 Å². The molecule has 0 amide bonds. The van der Waals surface area contributed by atoms with Gasteiger partial charge in [-0.05, 0) is 17.5 Å². The van der Waals surface area contributed by atoms with Crippen molar-refractivity contribution in [2.45, 2.75) is 13.3 Å². The van der Waals surface area contributed by atoms with Crippen molar-refractivity contribution in [2.24, 2.45) is 0 Å². The number of nitrogens with one attached hydrogen (secondary N) is 2. The van der Waals surface area contributed by atoms with Crippen molar-refractivity contribution in [3.05, 3.63) is 52.4 Å². The maximum atomic E-state index is 11.9. The predicted octanol–water partition coefficient (Wildman–Crippen LogP) is 1.87. The molecule has 0 fully saturated rings. The minimum absolute atomic E-state index is 0.0963. The summed E-state index contributed by atoms with van der Waals surface area (Å²) in [5.41, 5.74) is -0.0963. The summed E-state index contributed by atoms with van der Waals surface area (Å²) in [7, 11) is 0. The zero-order valence-corrected chi connectivity index (χ0v) is 11.0. The quantitative estimate of drug-likeness (QED) is 0.756. The van der Waals surface area contributed by atoms with Crippen LogP contribution in [0.4, 0.5) is 5.82 Å². The minimum Gasteiger partial charge on any atom is -0.371 e. The Hall–Kier alpha value is -2.63. The van der Waals surface area contributed by atoms with Crippen molar-refractivity contribution in [1.82, 2.24) is 15.1 Å². The van der Waals surface area contributed by atoms with Gasteiger partial charge in [-0.25, -0.2) is 0 Å². The summed E-state index contributed by atoms with van der Waals surface area (Å²) in [6.07, 6.45) is 0.631.